The normalized spacial score (nSPS) is 11.5. The Morgan fingerprint density at radius 3 is 2.70 bits per heavy atom. The first-order valence-corrected chi connectivity index (χ1v) is 12.5. The van der Waals surface area contributed by atoms with Gasteiger partial charge in [-0.1, -0.05) is 17.3 Å². The number of hydrogen-bond acceptors (Lipinski definition) is 7. The molecule has 170 valence electrons. The molecule has 0 unspecified atom stereocenters. The summed E-state index contributed by atoms with van der Waals surface area (Å²) in [6.07, 6.45) is 6.19. The number of benzene rings is 1. The van der Waals surface area contributed by atoms with Gasteiger partial charge in [0.05, 0.1) is 36.8 Å². The van der Waals surface area contributed by atoms with Gasteiger partial charge in [-0.3, -0.25) is 9.67 Å². The Balaban J connectivity index is 0.000000471. The van der Waals surface area contributed by atoms with E-state index >= 15 is 0 Å². The van der Waals surface area contributed by atoms with Crippen molar-refractivity contribution < 1.29 is 12.8 Å². The van der Waals surface area contributed by atoms with Crippen LogP contribution in [0.25, 0.3) is 33.3 Å². The zero-order chi connectivity index (χ0) is 23.4. The number of hydrogen-bond donors (Lipinski definition) is 0. The van der Waals surface area contributed by atoms with Crippen LogP contribution in [0.2, 0.25) is 0 Å². The summed E-state index contributed by atoms with van der Waals surface area (Å²) in [6.45, 7) is 0.336. The van der Waals surface area contributed by atoms with E-state index in [2.05, 4.69) is 37.1 Å². The lowest BCUT2D eigenvalue weighted by Gasteiger charge is -2.05. The Hall–Kier alpha value is -3.44. The average molecular weight is 488 g/mol. The number of aryl methyl sites for hydroxylation is 1. The molecule has 33 heavy (non-hydrogen) atoms. The Morgan fingerprint density at radius 2 is 1.91 bits per heavy atom. The van der Waals surface area contributed by atoms with Crippen LogP contribution < -0.4 is 0 Å². The molecule has 0 atom stereocenters. The maximum absolute atomic E-state index is 12.5. The number of nitrogens with zero attached hydrogens (tertiary/aromatic N) is 7. The highest BCUT2D eigenvalue weighted by Crippen LogP contribution is 2.21. The molecule has 0 bridgehead atoms. The lowest BCUT2D eigenvalue weighted by molar-refractivity contribution is 0.427. The lowest BCUT2D eigenvalue weighted by Crippen LogP contribution is -2.03. The van der Waals surface area contributed by atoms with E-state index in [1.54, 1.807) is 28.0 Å². The van der Waals surface area contributed by atoms with Crippen molar-refractivity contribution in [1.82, 2.24) is 34.7 Å². The van der Waals surface area contributed by atoms with E-state index in [1.165, 1.54) is 0 Å². The van der Waals surface area contributed by atoms with Crippen molar-refractivity contribution in [3.8, 4) is 11.3 Å². The van der Waals surface area contributed by atoms with Gasteiger partial charge in [0, 0.05) is 34.0 Å². The number of alkyl halides is 1. The van der Waals surface area contributed by atoms with Crippen molar-refractivity contribution in [3.05, 3.63) is 66.6 Å². The van der Waals surface area contributed by atoms with Crippen LogP contribution in [0.1, 0.15) is 5.56 Å². The molecule has 0 saturated heterocycles. The highest BCUT2D eigenvalue weighted by molar-refractivity contribution is 8.13. The van der Waals surface area contributed by atoms with Crippen molar-refractivity contribution in [3.63, 3.8) is 0 Å². The van der Waals surface area contributed by atoms with E-state index < -0.39 is 15.7 Å². The van der Waals surface area contributed by atoms with Crippen LogP contribution in [-0.2, 0) is 22.1 Å². The summed E-state index contributed by atoms with van der Waals surface area (Å²) in [5.41, 5.74) is 5.06. The number of rotatable bonds is 5. The molecular weight excluding hydrogens is 469 g/mol. The molecule has 5 aromatic rings. The van der Waals surface area contributed by atoms with E-state index in [4.69, 9.17) is 4.98 Å². The Kier molecular flexibility index (Phi) is 6.61. The third kappa shape index (κ3) is 5.88. The monoisotopic (exact) mass is 487 g/mol. The van der Waals surface area contributed by atoms with Gasteiger partial charge in [0.1, 0.15) is 12.2 Å². The van der Waals surface area contributed by atoms with Crippen LogP contribution in [0.4, 0.5) is 4.39 Å². The molecule has 0 N–H and O–H groups in total. The van der Waals surface area contributed by atoms with Gasteiger partial charge in [0.15, 0.2) is 5.65 Å². The summed E-state index contributed by atoms with van der Waals surface area (Å²) in [5.74, 6) is 0. The molecule has 0 spiro atoms. The first kappa shape index (κ1) is 22.7. The molecule has 5 rings (SSSR count). The predicted molar refractivity (Wildman–Crippen MR) is 124 cm³/mol. The summed E-state index contributed by atoms with van der Waals surface area (Å²) in [5, 5.41) is 13.7. The van der Waals surface area contributed by atoms with E-state index in [9.17, 15) is 12.8 Å². The minimum Gasteiger partial charge on any atom is -0.269 e. The summed E-state index contributed by atoms with van der Waals surface area (Å²) in [7, 11) is 1.31. The zero-order valence-electron chi connectivity index (χ0n) is 17.5. The second-order valence-electron chi connectivity index (χ2n) is 7.18. The standard InChI is InChI=1S/C20H16FN7.CH3ClO2S/c21-7-9-27-13-16(11-23-27)18-5-6-19-20(24-18)28(26-25-19)12-14-3-4-17-15(10-14)2-1-8-22-17;1-5(2,3)4/h1-6,8,10-11,13H,7,9,12H2;1H3. The van der Waals surface area contributed by atoms with Crippen molar-refractivity contribution in [2.24, 2.45) is 0 Å². The largest absolute Gasteiger partial charge is 0.269 e. The molecule has 4 heterocycles. The predicted octanol–water partition coefficient (Wildman–Crippen LogP) is 3.44. The van der Waals surface area contributed by atoms with Crippen molar-refractivity contribution in [2.45, 2.75) is 13.1 Å². The van der Waals surface area contributed by atoms with E-state index in [-0.39, 0.29) is 6.54 Å². The first-order valence-electron chi connectivity index (χ1n) is 9.82. The smallest absolute Gasteiger partial charge is 0.229 e. The van der Waals surface area contributed by atoms with Crippen LogP contribution in [0.5, 0.6) is 0 Å². The Morgan fingerprint density at radius 1 is 1.12 bits per heavy atom. The Bertz CT molecular complexity index is 1510. The van der Waals surface area contributed by atoms with Gasteiger partial charge in [0.2, 0.25) is 9.05 Å². The van der Waals surface area contributed by atoms with Gasteiger partial charge >= 0.3 is 0 Å². The molecule has 0 radical (unpaired) electrons. The maximum Gasteiger partial charge on any atom is 0.229 e. The minimum absolute atomic E-state index is 0.235. The maximum atomic E-state index is 12.5. The number of pyridine rings is 2. The van der Waals surface area contributed by atoms with Gasteiger partial charge in [-0.2, -0.15) is 5.10 Å². The molecule has 12 heteroatoms. The van der Waals surface area contributed by atoms with Gasteiger partial charge < -0.3 is 0 Å². The molecule has 0 saturated carbocycles. The van der Waals surface area contributed by atoms with Crippen LogP contribution in [0.3, 0.4) is 0 Å². The van der Waals surface area contributed by atoms with E-state index in [0.29, 0.717) is 12.2 Å². The van der Waals surface area contributed by atoms with Crippen LogP contribution in [0.15, 0.2) is 61.1 Å². The fourth-order valence-corrected chi connectivity index (χ4v) is 3.22. The highest BCUT2D eigenvalue weighted by atomic mass is 35.7. The van der Waals surface area contributed by atoms with Crippen molar-refractivity contribution in [2.75, 3.05) is 12.9 Å². The average Bonchev–Trinajstić information content (AvgIpc) is 3.40. The van der Waals surface area contributed by atoms with E-state index in [1.807, 2.05) is 36.4 Å². The van der Waals surface area contributed by atoms with Gasteiger partial charge in [-0.15, -0.1) is 5.10 Å². The van der Waals surface area contributed by atoms with Crippen molar-refractivity contribution in [1.29, 1.82) is 0 Å². The third-order valence-corrected chi connectivity index (χ3v) is 4.60. The second kappa shape index (κ2) is 9.59. The molecule has 0 aliphatic heterocycles. The number of halogens is 2. The van der Waals surface area contributed by atoms with Crippen LogP contribution in [0, 0.1) is 0 Å². The van der Waals surface area contributed by atoms with Crippen molar-refractivity contribution >= 4 is 41.8 Å². The van der Waals surface area contributed by atoms with Gasteiger partial charge in [-0.25, -0.2) is 22.5 Å². The third-order valence-electron chi connectivity index (χ3n) is 4.60. The minimum atomic E-state index is -3.19. The second-order valence-corrected chi connectivity index (χ2v) is 10.2. The fraction of sp³-hybridized carbons (Fsp3) is 0.190. The molecule has 0 amide bonds. The topological polar surface area (TPSA) is 108 Å². The van der Waals surface area contributed by atoms with Crippen LogP contribution in [-0.4, -0.2) is 56.1 Å². The van der Waals surface area contributed by atoms with Crippen LogP contribution >= 0.6 is 10.7 Å². The van der Waals surface area contributed by atoms with Gasteiger partial charge in [0.25, 0.3) is 0 Å². The SMILES string of the molecule is CS(=O)(=O)Cl.FCCn1cc(-c2ccc3nnn(Cc4ccc5ncccc5c4)c3n2)cn1. The zero-order valence-corrected chi connectivity index (χ0v) is 19.1. The first-order chi connectivity index (χ1) is 15.8. The molecule has 4 aromatic heterocycles. The summed E-state index contributed by atoms with van der Waals surface area (Å²) < 4.78 is 34.7. The summed E-state index contributed by atoms with van der Waals surface area (Å²) in [4.78, 5) is 9.07. The summed E-state index contributed by atoms with van der Waals surface area (Å²) >= 11 is 0. The van der Waals surface area contributed by atoms with E-state index in [0.717, 1.165) is 39.5 Å². The highest BCUT2D eigenvalue weighted by Gasteiger charge is 2.11. The lowest BCUT2D eigenvalue weighted by atomic mass is 10.1. The molecular formula is C21H19ClFN7O2S. The van der Waals surface area contributed by atoms with Gasteiger partial charge in [-0.05, 0) is 35.9 Å². The molecule has 1 aromatic carbocycles. The molecule has 0 aliphatic rings. The number of aromatic nitrogens is 7. The Labute approximate surface area is 193 Å². The molecule has 0 fully saturated rings. The number of fused-ring (bicyclic) bond motifs is 2. The summed E-state index contributed by atoms with van der Waals surface area (Å²) in [6, 6.07) is 13.9. The quantitative estimate of drug-likeness (QED) is 0.349. The molecule has 0 aliphatic carbocycles. The molecule has 9 nitrogen and oxygen atoms in total. The fourth-order valence-electron chi connectivity index (χ4n) is 3.22.